The largest absolute Gasteiger partial charge is 0.456 e. The van der Waals surface area contributed by atoms with E-state index in [1.54, 1.807) is 0 Å². The predicted octanol–water partition coefficient (Wildman–Crippen LogP) is 5.87. The number of nitrogens with zero attached hydrogens (tertiary/aromatic N) is 3. The fraction of sp³-hybridized carbons (Fsp3) is 0.174. The highest BCUT2D eigenvalue weighted by Crippen LogP contribution is 2.38. The maximum Gasteiger partial charge on any atom is 0.281 e. The van der Waals surface area contributed by atoms with E-state index in [9.17, 15) is 25.4 Å². The van der Waals surface area contributed by atoms with Crippen molar-refractivity contribution in [3.8, 4) is 23.5 Å². The molecule has 0 radical (unpaired) electrons. The molecule has 0 saturated carbocycles. The molecule has 1 aromatic carbocycles. The molecule has 0 saturated heterocycles. The second-order valence-electron chi connectivity index (χ2n) is 7.27. The van der Waals surface area contributed by atoms with Gasteiger partial charge in [0.15, 0.2) is 0 Å². The molecule has 1 amide bonds. The van der Waals surface area contributed by atoms with Crippen molar-refractivity contribution >= 4 is 45.6 Å². The van der Waals surface area contributed by atoms with Crippen LogP contribution in [0.15, 0.2) is 40.3 Å². The first-order chi connectivity index (χ1) is 15.9. The number of benzene rings is 1. The average Bonchev–Trinajstić information content (AvgIpc) is 3.41. The van der Waals surface area contributed by atoms with Crippen molar-refractivity contribution in [2.45, 2.75) is 25.7 Å². The van der Waals surface area contributed by atoms with Gasteiger partial charge in [-0.15, -0.1) is 11.3 Å². The van der Waals surface area contributed by atoms with Gasteiger partial charge in [0.1, 0.15) is 34.2 Å². The number of anilines is 1. The van der Waals surface area contributed by atoms with Crippen LogP contribution in [0.25, 0.3) is 17.4 Å². The lowest BCUT2D eigenvalue weighted by Gasteiger charge is -2.09. The topological polar surface area (TPSA) is 133 Å². The van der Waals surface area contributed by atoms with E-state index < -0.39 is 10.8 Å². The number of carbonyl (C=O) groups is 1. The van der Waals surface area contributed by atoms with Crippen LogP contribution >= 0.6 is 22.9 Å². The zero-order valence-corrected chi connectivity index (χ0v) is 18.6. The number of hydrogen-bond acceptors (Lipinski definition) is 7. The van der Waals surface area contributed by atoms with Gasteiger partial charge in [0.25, 0.3) is 11.6 Å². The van der Waals surface area contributed by atoms with E-state index in [1.807, 2.05) is 6.07 Å². The summed E-state index contributed by atoms with van der Waals surface area (Å²) < 4.78 is 5.64. The third-order valence-electron chi connectivity index (χ3n) is 5.21. The number of thiophene rings is 1. The zero-order chi connectivity index (χ0) is 23.5. The molecule has 4 rings (SSSR count). The number of nitro benzene ring substituents is 1. The number of rotatable bonds is 5. The molecule has 1 N–H and O–H groups in total. The number of fused-ring (bicyclic) bond motifs is 1. The predicted molar refractivity (Wildman–Crippen MR) is 124 cm³/mol. The van der Waals surface area contributed by atoms with Crippen LogP contribution in [-0.4, -0.2) is 10.8 Å². The first-order valence-electron chi connectivity index (χ1n) is 9.93. The summed E-state index contributed by atoms with van der Waals surface area (Å²) in [5.74, 6) is -0.296. The number of nitriles is 2. The highest BCUT2D eigenvalue weighted by Gasteiger charge is 2.23. The van der Waals surface area contributed by atoms with Crippen molar-refractivity contribution < 1.29 is 14.1 Å². The van der Waals surface area contributed by atoms with Gasteiger partial charge in [0, 0.05) is 22.0 Å². The number of nitro groups is 1. The SMILES string of the molecule is N#C/C(=C\c1ccc(-c2ccc(Cl)cc2[N+](=O)[O-])o1)C(=O)Nc1sc2c(c1C#N)CCCC2. The van der Waals surface area contributed by atoms with E-state index in [0.29, 0.717) is 10.6 Å². The van der Waals surface area contributed by atoms with Crippen molar-refractivity contribution in [1.82, 2.24) is 0 Å². The minimum absolute atomic E-state index is 0.173. The summed E-state index contributed by atoms with van der Waals surface area (Å²) in [6.07, 6.45) is 4.97. The minimum Gasteiger partial charge on any atom is -0.456 e. The summed E-state index contributed by atoms with van der Waals surface area (Å²) in [5, 5.41) is 33.7. The van der Waals surface area contributed by atoms with Crippen LogP contribution in [0.5, 0.6) is 0 Å². The molecular weight excluding hydrogens is 464 g/mol. The van der Waals surface area contributed by atoms with Gasteiger partial charge in [-0.3, -0.25) is 14.9 Å². The number of amides is 1. The zero-order valence-electron chi connectivity index (χ0n) is 17.1. The quantitative estimate of drug-likeness (QED) is 0.211. The van der Waals surface area contributed by atoms with E-state index in [2.05, 4.69) is 11.4 Å². The summed E-state index contributed by atoms with van der Waals surface area (Å²) in [6.45, 7) is 0. The Morgan fingerprint density at radius 1 is 1.24 bits per heavy atom. The number of carbonyl (C=O) groups excluding carboxylic acids is 1. The summed E-state index contributed by atoms with van der Waals surface area (Å²) in [4.78, 5) is 24.6. The van der Waals surface area contributed by atoms with Crippen LogP contribution < -0.4 is 5.32 Å². The van der Waals surface area contributed by atoms with Gasteiger partial charge < -0.3 is 9.73 Å². The van der Waals surface area contributed by atoms with Crippen molar-refractivity contribution in [3.05, 3.63) is 72.8 Å². The monoisotopic (exact) mass is 478 g/mol. The van der Waals surface area contributed by atoms with E-state index in [1.165, 1.54) is 47.7 Å². The molecule has 33 heavy (non-hydrogen) atoms. The summed E-state index contributed by atoms with van der Waals surface area (Å²) in [5.41, 5.74) is 1.20. The molecule has 0 spiro atoms. The van der Waals surface area contributed by atoms with Crippen molar-refractivity contribution in [3.63, 3.8) is 0 Å². The molecule has 0 bridgehead atoms. The average molecular weight is 479 g/mol. The van der Waals surface area contributed by atoms with E-state index in [0.717, 1.165) is 36.1 Å². The number of halogens is 1. The summed E-state index contributed by atoms with van der Waals surface area (Å²) in [7, 11) is 0. The van der Waals surface area contributed by atoms with E-state index in [4.69, 9.17) is 16.0 Å². The fourth-order valence-corrected chi connectivity index (χ4v) is 5.07. The molecular formula is C23H15ClN4O4S. The second-order valence-corrected chi connectivity index (χ2v) is 8.81. The number of aryl methyl sites for hydroxylation is 1. The highest BCUT2D eigenvalue weighted by molar-refractivity contribution is 7.16. The van der Waals surface area contributed by atoms with Crippen LogP contribution in [-0.2, 0) is 17.6 Å². The Kier molecular flexibility index (Phi) is 6.27. The normalized spacial score (nSPS) is 13.0. The van der Waals surface area contributed by atoms with E-state index >= 15 is 0 Å². The highest BCUT2D eigenvalue weighted by atomic mass is 35.5. The maximum atomic E-state index is 12.7. The summed E-state index contributed by atoms with van der Waals surface area (Å²) in [6, 6.07) is 11.2. The molecule has 3 aromatic rings. The Morgan fingerprint density at radius 2 is 2.03 bits per heavy atom. The Morgan fingerprint density at radius 3 is 2.76 bits per heavy atom. The molecule has 1 aliphatic rings. The molecule has 0 fully saturated rings. The minimum atomic E-state index is -0.664. The van der Waals surface area contributed by atoms with Crippen LogP contribution in [0.3, 0.4) is 0 Å². The maximum absolute atomic E-state index is 12.7. The third-order valence-corrected chi connectivity index (χ3v) is 6.65. The third kappa shape index (κ3) is 4.51. The molecule has 0 unspecified atom stereocenters. The Balaban J connectivity index is 1.60. The van der Waals surface area contributed by atoms with Gasteiger partial charge >= 0.3 is 0 Å². The van der Waals surface area contributed by atoms with Crippen LogP contribution in [0.4, 0.5) is 10.7 Å². The molecule has 0 atom stereocenters. The second kappa shape index (κ2) is 9.29. The van der Waals surface area contributed by atoms with Crippen LogP contribution in [0.2, 0.25) is 5.02 Å². The Bertz CT molecular complexity index is 1390. The number of hydrogen-bond donors (Lipinski definition) is 1. The smallest absolute Gasteiger partial charge is 0.281 e. The van der Waals surface area contributed by atoms with Gasteiger partial charge in [0.2, 0.25) is 0 Å². The molecule has 1 aliphatic carbocycles. The van der Waals surface area contributed by atoms with Gasteiger partial charge in [-0.1, -0.05) is 11.6 Å². The van der Waals surface area contributed by atoms with Gasteiger partial charge in [0.05, 0.1) is 16.1 Å². The number of furan rings is 1. The van der Waals surface area contributed by atoms with Crippen molar-refractivity contribution in [2.24, 2.45) is 0 Å². The Hall–Kier alpha value is -3.92. The van der Waals surface area contributed by atoms with Crippen LogP contribution in [0, 0.1) is 32.8 Å². The van der Waals surface area contributed by atoms with Crippen LogP contribution in [0.1, 0.15) is 34.6 Å². The van der Waals surface area contributed by atoms with Gasteiger partial charge in [-0.25, -0.2) is 0 Å². The standard InChI is InChI=1S/C23H15ClN4O4S/c24-14-5-7-17(19(10-14)28(30)31)20-8-6-15(32-20)9-13(11-25)22(29)27-23-18(12-26)16-3-1-2-4-21(16)33-23/h5-10H,1-4H2,(H,27,29)/b13-9+. The molecule has 8 nitrogen and oxygen atoms in total. The molecule has 2 heterocycles. The fourth-order valence-electron chi connectivity index (χ4n) is 3.67. The van der Waals surface area contributed by atoms with Gasteiger partial charge in [-0.2, -0.15) is 10.5 Å². The van der Waals surface area contributed by atoms with E-state index in [-0.39, 0.29) is 33.4 Å². The van der Waals surface area contributed by atoms with Gasteiger partial charge in [-0.05, 0) is 55.5 Å². The molecule has 164 valence electrons. The Labute approximate surface area is 197 Å². The molecule has 10 heteroatoms. The van der Waals surface area contributed by atoms with Crippen molar-refractivity contribution in [2.75, 3.05) is 5.32 Å². The molecule has 0 aliphatic heterocycles. The first kappa shape index (κ1) is 22.3. The lowest BCUT2D eigenvalue weighted by molar-refractivity contribution is -0.384. The lowest BCUT2D eigenvalue weighted by atomic mass is 9.96. The number of nitrogens with one attached hydrogen (secondary N) is 1. The summed E-state index contributed by atoms with van der Waals surface area (Å²) >= 11 is 7.22. The molecule has 2 aromatic heterocycles. The first-order valence-corrected chi connectivity index (χ1v) is 11.1. The van der Waals surface area contributed by atoms with Crippen molar-refractivity contribution in [1.29, 1.82) is 10.5 Å². The lowest BCUT2D eigenvalue weighted by Crippen LogP contribution is -2.13.